The SMILES string of the molecule is CN1c2ccccc2C([NH2+]CCCCC(=O)O)c2cc(F)c(Cl)cc2S1(=O)=O. The quantitative estimate of drug-likeness (QED) is 0.693. The summed E-state index contributed by atoms with van der Waals surface area (Å²) in [7, 11) is -2.44. The van der Waals surface area contributed by atoms with E-state index >= 15 is 0 Å². The summed E-state index contributed by atoms with van der Waals surface area (Å²) < 4.78 is 41.7. The molecule has 28 heavy (non-hydrogen) atoms. The maximum absolute atomic E-state index is 14.2. The highest BCUT2D eigenvalue weighted by Crippen LogP contribution is 2.39. The third-order valence-corrected chi connectivity index (χ3v) is 7.00. The highest BCUT2D eigenvalue weighted by molar-refractivity contribution is 7.92. The van der Waals surface area contributed by atoms with Gasteiger partial charge in [0, 0.05) is 24.6 Å². The van der Waals surface area contributed by atoms with Crippen LogP contribution in [0.15, 0.2) is 41.3 Å². The second kappa shape index (κ2) is 8.06. The molecule has 1 unspecified atom stereocenters. The van der Waals surface area contributed by atoms with Crippen molar-refractivity contribution >= 4 is 33.3 Å². The van der Waals surface area contributed by atoms with Crippen LogP contribution in [0.1, 0.15) is 36.4 Å². The molecule has 1 heterocycles. The molecule has 0 saturated heterocycles. The van der Waals surface area contributed by atoms with Gasteiger partial charge in [0.15, 0.2) is 0 Å². The van der Waals surface area contributed by atoms with Gasteiger partial charge < -0.3 is 10.4 Å². The summed E-state index contributed by atoms with van der Waals surface area (Å²) in [5.41, 5.74) is 1.59. The zero-order chi connectivity index (χ0) is 20.5. The molecule has 6 nitrogen and oxygen atoms in total. The van der Waals surface area contributed by atoms with Crippen LogP contribution >= 0.6 is 11.6 Å². The van der Waals surface area contributed by atoms with E-state index < -0.39 is 27.9 Å². The molecule has 0 radical (unpaired) electrons. The van der Waals surface area contributed by atoms with Crippen molar-refractivity contribution in [3.63, 3.8) is 0 Å². The van der Waals surface area contributed by atoms with Gasteiger partial charge in [0.1, 0.15) is 11.9 Å². The highest BCUT2D eigenvalue weighted by Gasteiger charge is 2.37. The van der Waals surface area contributed by atoms with Crippen LogP contribution in [-0.2, 0) is 14.8 Å². The summed E-state index contributed by atoms with van der Waals surface area (Å²) >= 11 is 5.88. The first kappa shape index (κ1) is 20.6. The van der Waals surface area contributed by atoms with E-state index in [0.717, 1.165) is 11.6 Å². The molecule has 0 saturated carbocycles. The number of fused-ring (bicyclic) bond motifs is 2. The molecule has 1 aliphatic rings. The predicted octanol–water partition coefficient (Wildman–Crippen LogP) is 2.53. The Morgan fingerprint density at radius 2 is 1.96 bits per heavy atom. The molecule has 0 amide bonds. The number of carbonyl (C=O) groups is 1. The number of benzene rings is 2. The van der Waals surface area contributed by atoms with Crippen molar-refractivity contribution in [3.8, 4) is 0 Å². The minimum absolute atomic E-state index is 0.0237. The molecule has 2 aromatic rings. The number of rotatable bonds is 6. The molecule has 150 valence electrons. The second-order valence-corrected chi connectivity index (χ2v) is 9.03. The maximum atomic E-state index is 14.2. The van der Waals surface area contributed by atoms with Crippen molar-refractivity contribution in [2.24, 2.45) is 0 Å². The van der Waals surface area contributed by atoms with E-state index in [0.29, 0.717) is 30.6 Å². The van der Waals surface area contributed by atoms with Crippen molar-refractivity contribution in [2.75, 3.05) is 17.9 Å². The molecule has 0 bridgehead atoms. The number of quaternary nitrogens is 1. The van der Waals surface area contributed by atoms with E-state index in [4.69, 9.17) is 16.7 Å². The summed E-state index contributed by atoms with van der Waals surface area (Å²) in [5, 5.41) is 10.4. The van der Waals surface area contributed by atoms with Gasteiger partial charge in [0.05, 0.1) is 22.2 Å². The minimum Gasteiger partial charge on any atom is -0.481 e. The fourth-order valence-electron chi connectivity index (χ4n) is 3.45. The Morgan fingerprint density at radius 3 is 2.68 bits per heavy atom. The molecule has 0 spiro atoms. The average molecular weight is 428 g/mol. The van der Waals surface area contributed by atoms with Crippen LogP contribution in [0, 0.1) is 5.82 Å². The average Bonchev–Trinajstić information content (AvgIpc) is 2.71. The van der Waals surface area contributed by atoms with Gasteiger partial charge in [0.2, 0.25) is 0 Å². The van der Waals surface area contributed by atoms with Crippen LogP contribution in [0.5, 0.6) is 0 Å². The van der Waals surface area contributed by atoms with E-state index in [2.05, 4.69) is 0 Å². The smallest absolute Gasteiger partial charge is 0.303 e. The lowest BCUT2D eigenvalue weighted by Crippen LogP contribution is -2.85. The van der Waals surface area contributed by atoms with E-state index in [1.165, 1.54) is 17.4 Å². The molecule has 3 rings (SSSR count). The number of halogens is 2. The number of sulfonamides is 1. The molecule has 1 aliphatic heterocycles. The molecule has 0 fully saturated rings. The Hall–Kier alpha value is -2.16. The van der Waals surface area contributed by atoms with E-state index in [1.54, 1.807) is 12.1 Å². The number of hydrogen-bond acceptors (Lipinski definition) is 3. The van der Waals surface area contributed by atoms with Gasteiger partial charge >= 0.3 is 5.97 Å². The number of nitrogens with two attached hydrogens (primary N) is 1. The van der Waals surface area contributed by atoms with Crippen molar-refractivity contribution in [3.05, 3.63) is 58.4 Å². The van der Waals surface area contributed by atoms with Crippen LogP contribution in [0.25, 0.3) is 0 Å². The Kier molecular flexibility index (Phi) is 5.92. The van der Waals surface area contributed by atoms with Gasteiger partial charge in [0.25, 0.3) is 10.0 Å². The number of carboxylic acids is 1. The predicted molar refractivity (Wildman–Crippen MR) is 104 cm³/mol. The number of unbranched alkanes of at least 4 members (excludes halogenated alkanes) is 1. The highest BCUT2D eigenvalue weighted by atomic mass is 35.5. The Labute approximate surface area is 168 Å². The van der Waals surface area contributed by atoms with Crippen LogP contribution in [-0.4, -0.2) is 33.1 Å². The molecule has 1 atom stereocenters. The van der Waals surface area contributed by atoms with E-state index in [1.807, 2.05) is 17.4 Å². The first-order chi connectivity index (χ1) is 13.2. The van der Waals surface area contributed by atoms with Crippen molar-refractivity contribution < 1.29 is 28.0 Å². The minimum atomic E-state index is -3.90. The van der Waals surface area contributed by atoms with E-state index in [9.17, 15) is 17.6 Å². The summed E-state index contributed by atoms with van der Waals surface area (Å²) in [5.74, 6) is -1.53. The summed E-state index contributed by atoms with van der Waals surface area (Å²) in [6.45, 7) is 0.569. The lowest BCUT2D eigenvalue weighted by molar-refractivity contribution is -0.687. The van der Waals surface area contributed by atoms with Gasteiger partial charge in [-0.25, -0.2) is 12.8 Å². The molecular formula is C19H21ClFN2O4S+. The second-order valence-electron chi connectivity index (χ2n) is 6.69. The third-order valence-electron chi connectivity index (χ3n) is 4.88. The number of para-hydroxylation sites is 1. The number of nitrogens with zero attached hydrogens (tertiary/aromatic N) is 1. The van der Waals surface area contributed by atoms with Crippen LogP contribution in [0.3, 0.4) is 0 Å². The lowest BCUT2D eigenvalue weighted by Gasteiger charge is -2.20. The fourth-order valence-corrected chi connectivity index (χ4v) is 5.15. The standard InChI is InChI=1S/C19H20ClFN2O4S/c1-23-16-7-3-2-6-12(16)19(22-9-5-4-8-18(24)25)13-10-15(21)14(20)11-17(13)28(23,26)27/h2-3,6-7,10-11,19,22H,4-5,8-9H2,1H3,(H,24,25)/p+1. The number of anilines is 1. The first-order valence-electron chi connectivity index (χ1n) is 8.85. The fraction of sp³-hybridized carbons (Fsp3) is 0.316. The molecule has 3 N–H and O–H groups in total. The third kappa shape index (κ3) is 3.85. The molecule has 2 aromatic carbocycles. The van der Waals surface area contributed by atoms with Gasteiger partial charge in [-0.1, -0.05) is 29.8 Å². The van der Waals surface area contributed by atoms with Gasteiger partial charge in [-0.2, -0.15) is 0 Å². The van der Waals surface area contributed by atoms with Gasteiger partial charge in [-0.15, -0.1) is 0 Å². The van der Waals surface area contributed by atoms with Crippen molar-refractivity contribution in [1.82, 2.24) is 0 Å². The zero-order valence-corrected chi connectivity index (χ0v) is 16.8. The maximum Gasteiger partial charge on any atom is 0.303 e. The van der Waals surface area contributed by atoms with Crippen LogP contribution < -0.4 is 9.62 Å². The van der Waals surface area contributed by atoms with Crippen molar-refractivity contribution in [1.29, 1.82) is 0 Å². The molecule has 0 aliphatic carbocycles. The van der Waals surface area contributed by atoms with Crippen molar-refractivity contribution in [2.45, 2.75) is 30.2 Å². The first-order valence-corrected chi connectivity index (χ1v) is 10.7. The monoisotopic (exact) mass is 427 g/mol. The summed E-state index contributed by atoms with van der Waals surface area (Å²) in [6, 6.07) is 8.98. The van der Waals surface area contributed by atoms with Crippen LogP contribution in [0.4, 0.5) is 10.1 Å². The van der Waals surface area contributed by atoms with Gasteiger partial charge in [-0.05, 0) is 31.0 Å². The number of carboxylic acid groups (broad SMARTS) is 1. The summed E-state index contributed by atoms with van der Waals surface area (Å²) in [4.78, 5) is 10.7. The summed E-state index contributed by atoms with van der Waals surface area (Å²) in [6.07, 6.45) is 1.23. The lowest BCUT2D eigenvalue weighted by atomic mass is 9.96. The molecule has 9 heteroatoms. The number of hydrogen-bond donors (Lipinski definition) is 2. The molecular weight excluding hydrogens is 407 g/mol. The Balaban J connectivity index is 2.06. The Morgan fingerprint density at radius 1 is 1.25 bits per heavy atom. The zero-order valence-electron chi connectivity index (χ0n) is 15.2. The Bertz CT molecular complexity index is 1010. The topological polar surface area (TPSA) is 91.3 Å². The largest absolute Gasteiger partial charge is 0.481 e. The number of aliphatic carboxylic acids is 1. The van der Waals surface area contributed by atoms with Crippen LogP contribution in [0.2, 0.25) is 5.02 Å². The van der Waals surface area contributed by atoms with E-state index in [-0.39, 0.29) is 16.3 Å². The van der Waals surface area contributed by atoms with Gasteiger partial charge in [-0.3, -0.25) is 9.10 Å². The molecule has 0 aromatic heterocycles. The normalized spacial score (nSPS) is 17.5.